The zero-order chi connectivity index (χ0) is 20.4. The number of aromatic nitrogens is 3. The van der Waals surface area contributed by atoms with Gasteiger partial charge < -0.3 is 14.5 Å². The Morgan fingerprint density at radius 3 is 2.90 bits per heavy atom. The largest absolute Gasteiger partial charge is 0.376 e. The molecule has 0 radical (unpaired) electrons. The average Bonchev–Trinajstić information content (AvgIpc) is 3.19. The summed E-state index contributed by atoms with van der Waals surface area (Å²) in [6.07, 6.45) is 6.09. The Morgan fingerprint density at radius 2 is 2.21 bits per heavy atom. The van der Waals surface area contributed by atoms with Gasteiger partial charge in [0.1, 0.15) is 11.9 Å². The summed E-state index contributed by atoms with van der Waals surface area (Å²) in [5.74, 6) is 1.24. The highest BCUT2D eigenvalue weighted by Crippen LogP contribution is 2.28. The van der Waals surface area contributed by atoms with Crippen LogP contribution in [0.2, 0.25) is 0 Å². The quantitative estimate of drug-likeness (QED) is 0.785. The third kappa shape index (κ3) is 4.10. The number of hydrogen-bond acceptors (Lipinski definition) is 6. The van der Waals surface area contributed by atoms with Crippen molar-refractivity contribution in [2.75, 3.05) is 38.2 Å². The first-order valence-corrected chi connectivity index (χ1v) is 10.0. The van der Waals surface area contributed by atoms with Crippen LogP contribution in [0.15, 0.2) is 18.5 Å². The number of carbonyl (C=O) groups excluding carboxylic acids is 1. The first kappa shape index (κ1) is 19.4. The summed E-state index contributed by atoms with van der Waals surface area (Å²) in [6, 6.07) is 4.23. The molecule has 4 heterocycles. The van der Waals surface area contributed by atoms with Gasteiger partial charge in [-0.05, 0) is 24.8 Å². The van der Waals surface area contributed by atoms with Crippen LogP contribution in [-0.4, -0.2) is 58.9 Å². The number of anilines is 1. The van der Waals surface area contributed by atoms with Gasteiger partial charge in [0.25, 0.3) is 5.91 Å². The van der Waals surface area contributed by atoms with Gasteiger partial charge >= 0.3 is 0 Å². The van der Waals surface area contributed by atoms with E-state index in [0.717, 1.165) is 56.0 Å². The fourth-order valence-electron chi connectivity index (χ4n) is 4.15. The summed E-state index contributed by atoms with van der Waals surface area (Å²) in [6.45, 7) is 3.64. The molecule has 2 aromatic heterocycles. The Bertz CT molecular complexity index is 939. The molecular weight excluding hydrogens is 368 g/mol. The summed E-state index contributed by atoms with van der Waals surface area (Å²) in [4.78, 5) is 21.4. The molecule has 0 spiro atoms. The number of nitrogens with zero attached hydrogens (tertiary/aromatic N) is 6. The van der Waals surface area contributed by atoms with Gasteiger partial charge in [-0.2, -0.15) is 10.4 Å². The molecule has 8 nitrogen and oxygen atoms in total. The Labute approximate surface area is 170 Å². The van der Waals surface area contributed by atoms with Crippen molar-refractivity contribution in [3.63, 3.8) is 0 Å². The third-order valence-corrected chi connectivity index (χ3v) is 5.78. The van der Waals surface area contributed by atoms with Crippen molar-refractivity contribution < 1.29 is 9.53 Å². The Hall–Kier alpha value is -2.92. The van der Waals surface area contributed by atoms with Gasteiger partial charge in [-0.1, -0.05) is 0 Å². The van der Waals surface area contributed by atoms with Crippen molar-refractivity contribution in [3.05, 3.63) is 40.8 Å². The van der Waals surface area contributed by atoms with Gasteiger partial charge in [-0.3, -0.25) is 9.48 Å². The van der Waals surface area contributed by atoms with Crippen LogP contribution < -0.4 is 4.90 Å². The number of amides is 1. The van der Waals surface area contributed by atoms with E-state index in [4.69, 9.17) is 9.72 Å². The summed E-state index contributed by atoms with van der Waals surface area (Å²) >= 11 is 0. The van der Waals surface area contributed by atoms with Crippen LogP contribution in [0.4, 0.5) is 5.82 Å². The number of ether oxygens (including phenoxy) is 1. The molecule has 29 heavy (non-hydrogen) atoms. The molecule has 0 unspecified atom stereocenters. The monoisotopic (exact) mass is 394 g/mol. The van der Waals surface area contributed by atoms with Crippen molar-refractivity contribution in [1.29, 1.82) is 5.26 Å². The lowest BCUT2D eigenvalue weighted by Gasteiger charge is -2.35. The number of rotatable bonds is 4. The minimum Gasteiger partial charge on any atom is -0.376 e. The van der Waals surface area contributed by atoms with E-state index in [1.807, 2.05) is 20.2 Å². The Balaban J connectivity index is 1.38. The smallest absolute Gasteiger partial charge is 0.256 e. The lowest BCUT2D eigenvalue weighted by atomic mass is 9.95. The minimum absolute atomic E-state index is 0.00543. The minimum atomic E-state index is 0.00543. The predicted octanol–water partition coefficient (Wildman–Crippen LogP) is 1.75. The van der Waals surface area contributed by atoms with E-state index in [0.29, 0.717) is 30.3 Å². The topological polar surface area (TPSA) is 87.3 Å². The first-order valence-electron chi connectivity index (χ1n) is 10.0. The van der Waals surface area contributed by atoms with Crippen LogP contribution >= 0.6 is 0 Å². The van der Waals surface area contributed by atoms with E-state index in [-0.39, 0.29) is 5.91 Å². The summed E-state index contributed by atoms with van der Waals surface area (Å²) < 4.78 is 7.13. The molecule has 0 aliphatic carbocycles. The highest BCUT2D eigenvalue weighted by Gasteiger charge is 2.26. The molecule has 1 fully saturated rings. The lowest BCUT2D eigenvalue weighted by Crippen LogP contribution is -2.40. The summed E-state index contributed by atoms with van der Waals surface area (Å²) in [7, 11) is 3.66. The predicted molar refractivity (Wildman–Crippen MR) is 107 cm³/mol. The molecule has 2 aliphatic heterocycles. The summed E-state index contributed by atoms with van der Waals surface area (Å²) in [5, 5.41) is 13.7. The number of fused-ring (bicyclic) bond motifs is 1. The molecule has 1 saturated heterocycles. The zero-order valence-corrected chi connectivity index (χ0v) is 17.0. The lowest BCUT2D eigenvalue weighted by molar-refractivity contribution is 0.0764. The molecule has 152 valence electrons. The maximum atomic E-state index is 12.5. The number of nitriles is 1. The standard InChI is InChI=1S/C21H26N6O2/c1-25(21(28)18-11-23-26(2)13-18)12-15-3-6-27(7-4-15)20-16(10-22)9-17-14-29-8-5-19(17)24-20/h9,11,13,15H,3-8,12,14H2,1-2H3. The number of piperidine rings is 1. The van der Waals surface area contributed by atoms with Crippen LogP contribution in [0.3, 0.4) is 0 Å². The van der Waals surface area contributed by atoms with Crippen molar-refractivity contribution >= 4 is 11.7 Å². The van der Waals surface area contributed by atoms with Gasteiger partial charge in [0.15, 0.2) is 0 Å². The molecule has 4 rings (SSSR count). The van der Waals surface area contributed by atoms with Crippen molar-refractivity contribution in [3.8, 4) is 6.07 Å². The van der Waals surface area contributed by atoms with Crippen LogP contribution in [0, 0.1) is 17.2 Å². The Kier molecular flexibility index (Phi) is 5.49. The van der Waals surface area contributed by atoms with Gasteiger partial charge in [0.05, 0.1) is 36.2 Å². The molecule has 0 atom stereocenters. The molecule has 0 saturated carbocycles. The molecule has 2 aliphatic rings. The fourth-order valence-corrected chi connectivity index (χ4v) is 4.15. The van der Waals surface area contributed by atoms with Gasteiger partial charge in [0.2, 0.25) is 0 Å². The van der Waals surface area contributed by atoms with Gasteiger partial charge in [-0.25, -0.2) is 4.98 Å². The molecule has 0 bridgehead atoms. The number of carbonyl (C=O) groups is 1. The maximum Gasteiger partial charge on any atom is 0.256 e. The van der Waals surface area contributed by atoms with E-state index in [2.05, 4.69) is 16.1 Å². The van der Waals surface area contributed by atoms with Crippen molar-refractivity contribution in [2.24, 2.45) is 13.0 Å². The third-order valence-electron chi connectivity index (χ3n) is 5.78. The van der Waals surface area contributed by atoms with Crippen molar-refractivity contribution in [2.45, 2.75) is 25.9 Å². The van der Waals surface area contributed by atoms with E-state index >= 15 is 0 Å². The highest BCUT2D eigenvalue weighted by atomic mass is 16.5. The molecule has 0 aromatic carbocycles. The van der Waals surface area contributed by atoms with Crippen LogP contribution in [0.5, 0.6) is 0 Å². The molecule has 8 heteroatoms. The van der Waals surface area contributed by atoms with Crippen LogP contribution in [0.25, 0.3) is 0 Å². The zero-order valence-electron chi connectivity index (χ0n) is 17.0. The average molecular weight is 394 g/mol. The highest BCUT2D eigenvalue weighted by molar-refractivity contribution is 5.93. The number of pyridine rings is 1. The second-order valence-corrected chi connectivity index (χ2v) is 7.90. The van der Waals surface area contributed by atoms with Gasteiger partial charge in [-0.15, -0.1) is 0 Å². The number of hydrogen-bond donors (Lipinski definition) is 0. The van der Waals surface area contributed by atoms with Crippen molar-refractivity contribution in [1.82, 2.24) is 19.7 Å². The van der Waals surface area contributed by atoms with Crippen LogP contribution in [-0.2, 0) is 24.8 Å². The summed E-state index contributed by atoms with van der Waals surface area (Å²) in [5.41, 5.74) is 3.32. The number of aryl methyl sites for hydroxylation is 1. The van der Waals surface area contributed by atoms with E-state index in [1.165, 1.54) is 0 Å². The van der Waals surface area contributed by atoms with Gasteiger partial charge in [0, 0.05) is 51.9 Å². The first-order chi connectivity index (χ1) is 14.0. The SMILES string of the molecule is CN(CC1CCN(c2nc3c(cc2C#N)COCC3)CC1)C(=O)c1cnn(C)c1. The van der Waals surface area contributed by atoms with E-state index in [1.54, 1.807) is 22.0 Å². The molecule has 1 amide bonds. The fraction of sp³-hybridized carbons (Fsp3) is 0.524. The Morgan fingerprint density at radius 1 is 1.41 bits per heavy atom. The molecule has 0 N–H and O–H groups in total. The van der Waals surface area contributed by atoms with E-state index in [9.17, 15) is 10.1 Å². The van der Waals surface area contributed by atoms with Crippen LogP contribution in [0.1, 0.15) is 40.0 Å². The molecular formula is C21H26N6O2. The maximum absolute atomic E-state index is 12.5. The normalized spacial score (nSPS) is 16.9. The second kappa shape index (κ2) is 8.21. The second-order valence-electron chi connectivity index (χ2n) is 7.90. The molecule has 2 aromatic rings. The van der Waals surface area contributed by atoms with E-state index < -0.39 is 0 Å².